The number of rotatable bonds is 7. The Bertz CT molecular complexity index is 882. The second-order valence-corrected chi connectivity index (χ2v) is 16.2. The van der Waals surface area contributed by atoms with E-state index in [0.29, 0.717) is 17.8 Å². The molecule has 0 heterocycles. The van der Waals surface area contributed by atoms with Gasteiger partial charge in [-0.25, -0.2) is 0 Å². The van der Waals surface area contributed by atoms with Crippen LogP contribution in [0.15, 0.2) is 42.5 Å². The zero-order valence-corrected chi connectivity index (χ0v) is 25.0. The van der Waals surface area contributed by atoms with Gasteiger partial charge in [-0.05, 0) is 71.4 Å². The van der Waals surface area contributed by atoms with E-state index in [1.165, 1.54) is 80.9 Å². The molecule has 0 N–H and O–H groups in total. The lowest BCUT2D eigenvalue weighted by atomic mass is 9.72. The van der Waals surface area contributed by atoms with Crippen molar-refractivity contribution in [2.24, 2.45) is 5.92 Å². The fourth-order valence-electron chi connectivity index (χ4n) is 7.51. The van der Waals surface area contributed by atoms with Crippen molar-refractivity contribution in [3.63, 3.8) is 0 Å². The summed E-state index contributed by atoms with van der Waals surface area (Å²) in [7, 11) is -0.272. The van der Waals surface area contributed by atoms with Crippen LogP contribution in [0.5, 0.6) is 0 Å². The lowest BCUT2D eigenvalue weighted by Gasteiger charge is -2.59. The van der Waals surface area contributed by atoms with Gasteiger partial charge in [-0.2, -0.15) is 0 Å². The summed E-state index contributed by atoms with van der Waals surface area (Å²) in [6.07, 6.45) is 23.8. The second kappa shape index (κ2) is 11.4. The van der Waals surface area contributed by atoms with Gasteiger partial charge < -0.3 is 0 Å². The van der Waals surface area contributed by atoms with Crippen LogP contribution in [0, 0.1) is 5.92 Å². The van der Waals surface area contributed by atoms with Crippen LogP contribution in [-0.4, -0.2) is 16.5 Å². The van der Waals surface area contributed by atoms with Crippen molar-refractivity contribution in [3.8, 4) is 0 Å². The van der Waals surface area contributed by atoms with E-state index in [1.807, 2.05) is 0 Å². The van der Waals surface area contributed by atoms with E-state index >= 15 is 0 Å². The molecule has 3 aliphatic rings. The first-order chi connectivity index (χ1) is 16.7. The van der Waals surface area contributed by atoms with E-state index in [2.05, 4.69) is 84.0 Å². The first-order valence-corrected chi connectivity index (χ1v) is 16.6. The molecule has 194 valence electrons. The van der Waals surface area contributed by atoms with Crippen molar-refractivity contribution >= 4 is 19.5 Å². The molecule has 2 fully saturated rings. The fraction of sp³-hybridized carbons (Fsp3) is 0.697. The highest BCUT2D eigenvalue weighted by molar-refractivity contribution is 7.61. The molecule has 0 saturated heterocycles. The van der Waals surface area contributed by atoms with Crippen LogP contribution in [0.2, 0.25) is 0 Å². The molecule has 1 aromatic rings. The van der Waals surface area contributed by atoms with Gasteiger partial charge in [0.25, 0.3) is 0 Å². The summed E-state index contributed by atoms with van der Waals surface area (Å²) >= 11 is 8.21. The molecule has 0 radical (unpaired) electrons. The van der Waals surface area contributed by atoms with Crippen LogP contribution in [0.1, 0.15) is 134 Å². The Morgan fingerprint density at radius 2 is 1.29 bits per heavy atom. The summed E-state index contributed by atoms with van der Waals surface area (Å²) < 4.78 is 0. The molecule has 2 heteroatoms. The average Bonchev–Trinajstić information content (AvgIpc) is 2.86. The smallest absolute Gasteiger partial charge is 0.101 e. The summed E-state index contributed by atoms with van der Waals surface area (Å²) in [4.78, 5) is -0.481. The SMILES string of the molecule is CC(C)c1ccc(C2(Cl)C=CC=CC2(C(C)C)P(C2CCCCC2)C2CCCCC2)c(C(C)C)c1. The number of hydrogen-bond acceptors (Lipinski definition) is 0. The summed E-state index contributed by atoms with van der Waals surface area (Å²) in [6.45, 7) is 14.3. The molecule has 3 aliphatic carbocycles. The number of alkyl halides is 1. The van der Waals surface area contributed by atoms with Crippen molar-refractivity contribution in [2.75, 3.05) is 0 Å². The maximum atomic E-state index is 8.21. The van der Waals surface area contributed by atoms with Crippen LogP contribution in [-0.2, 0) is 4.87 Å². The largest absolute Gasteiger partial charge is 0.108 e. The van der Waals surface area contributed by atoms with E-state index in [4.69, 9.17) is 11.6 Å². The molecular weight excluding hydrogens is 463 g/mol. The maximum absolute atomic E-state index is 8.21. The lowest BCUT2D eigenvalue weighted by Crippen LogP contribution is -2.53. The topological polar surface area (TPSA) is 0 Å². The number of hydrogen-bond donors (Lipinski definition) is 0. The van der Waals surface area contributed by atoms with E-state index in [0.717, 1.165) is 11.3 Å². The van der Waals surface area contributed by atoms with Crippen molar-refractivity contribution < 1.29 is 0 Å². The molecule has 1 aromatic carbocycles. The van der Waals surface area contributed by atoms with Crippen LogP contribution >= 0.6 is 19.5 Å². The van der Waals surface area contributed by atoms with Crippen LogP contribution in [0.3, 0.4) is 0 Å². The molecule has 0 bridgehead atoms. The minimum atomic E-state index is -0.481. The molecule has 2 atom stereocenters. The third-order valence-corrected chi connectivity index (χ3v) is 14.6. The molecular formula is C33H50ClP. The Morgan fingerprint density at radius 1 is 0.743 bits per heavy atom. The fourth-order valence-corrected chi connectivity index (χ4v) is 13.4. The van der Waals surface area contributed by atoms with Crippen molar-refractivity contribution in [3.05, 3.63) is 59.2 Å². The van der Waals surface area contributed by atoms with Crippen LogP contribution < -0.4 is 0 Å². The van der Waals surface area contributed by atoms with Gasteiger partial charge in [0, 0.05) is 5.16 Å². The molecule has 0 spiro atoms. The molecule has 4 rings (SSSR count). The van der Waals surface area contributed by atoms with Crippen molar-refractivity contribution in [1.29, 1.82) is 0 Å². The second-order valence-electron chi connectivity index (χ2n) is 12.6. The zero-order chi connectivity index (χ0) is 25.2. The highest BCUT2D eigenvalue weighted by atomic mass is 35.5. The Balaban J connectivity index is 1.93. The highest BCUT2D eigenvalue weighted by Gasteiger charge is 2.59. The molecule has 0 nitrogen and oxygen atoms in total. The summed E-state index contributed by atoms with van der Waals surface area (Å²) in [5, 5.41) is -0.00829. The third-order valence-electron chi connectivity index (χ3n) is 9.37. The Hall–Kier alpha value is -0.580. The molecule has 0 aromatic heterocycles. The standard InChI is InChI=1S/C33H50ClP/c1-24(2)27-19-20-31(30(23-27)25(3)4)32(34)21-13-14-22-33(32,26(5)6)35(28-15-9-7-10-16-28)29-17-11-8-12-18-29/h13-14,19-26,28-29H,7-12,15-18H2,1-6H3. The minimum Gasteiger partial charge on any atom is -0.108 e. The number of halogens is 1. The molecule has 2 saturated carbocycles. The summed E-state index contributed by atoms with van der Waals surface area (Å²) in [5.41, 5.74) is 5.99. The summed E-state index contributed by atoms with van der Waals surface area (Å²) in [6, 6.07) is 7.28. The number of allylic oxidation sites excluding steroid dienone is 4. The Morgan fingerprint density at radius 3 is 1.77 bits per heavy atom. The van der Waals surface area contributed by atoms with E-state index in [9.17, 15) is 0 Å². The predicted molar refractivity (Wildman–Crippen MR) is 159 cm³/mol. The van der Waals surface area contributed by atoms with Gasteiger partial charge >= 0.3 is 0 Å². The van der Waals surface area contributed by atoms with E-state index < -0.39 is 4.87 Å². The third kappa shape index (κ3) is 5.10. The molecule has 0 amide bonds. The summed E-state index contributed by atoms with van der Waals surface area (Å²) in [5.74, 6) is 1.49. The van der Waals surface area contributed by atoms with Crippen molar-refractivity contribution in [2.45, 2.75) is 139 Å². The van der Waals surface area contributed by atoms with Gasteiger partial charge in [0.2, 0.25) is 0 Å². The van der Waals surface area contributed by atoms with E-state index in [1.54, 1.807) is 0 Å². The maximum Gasteiger partial charge on any atom is 0.101 e. The first-order valence-electron chi connectivity index (χ1n) is 14.7. The van der Waals surface area contributed by atoms with E-state index in [-0.39, 0.29) is 13.1 Å². The predicted octanol–water partition coefficient (Wildman–Crippen LogP) is 11.0. The average molecular weight is 513 g/mol. The number of benzene rings is 1. The van der Waals surface area contributed by atoms with Gasteiger partial charge in [-0.3, -0.25) is 0 Å². The van der Waals surface area contributed by atoms with Gasteiger partial charge in [0.15, 0.2) is 0 Å². The monoisotopic (exact) mass is 512 g/mol. The highest BCUT2D eigenvalue weighted by Crippen LogP contribution is 2.73. The molecule has 35 heavy (non-hydrogen) atoms. The zero-order valence-electron chi connectivity index (χ0n) is 23.3. The first kappa shape index (κ1) is 27.5. The van der Waals surface area contributed by atoms with Crippen molar-refractivity contribution in [1.82, 2.24) is 0 Å². The van der Waals surface area contributed by atoms with Gasteiger partial charge in [-0.1, -0.05) is 130 Å². The normalized spacial score (nSPS) is 28.7. The lowest BCUT2D eigenvalue weighted by molar-refractivity contribution is 0.399. The van der Waals surface area contributed by atoms with Crippen LogP contribution in [0.25, 0.3) is 0 Å². The van der Waals surface area contributed by atoms with Gasteiger partial charge in [0.05, 0.1) is 0 Å². The Kier molecular flexibility index (Phi) is 8.97. The van der Waals surface area contributed by atoms with Crippen LogP contribution in [0.4, 0.5) is 0 Å². The van der Waals surface area contributed by atoms with Gasteiger partial charge in [-0.15, -0.1) is 11.6 Å². The minimum absolute atomic E-state index is 0.00829. The molecule has 2 unspecified atom stereocenters. The Labute approximate surface area is 223 Å². The quantitative estimate of drug-likeness (QED) is 0.251. The van der Waals surface area contributed by atoms with Gasteiger partial charge in [0.1, 0.15) is 4.87 Å². The molecule has 0 aliphatic heterocycles.